The maximum atomic E-state index is 12.4. The number of hydrogen-bond acceptors (Lipinski definition) is 5. The standard InChI is InChI=1S/C17H28N4O2S.C10H22O/c1-17(2,3)16-19-14-12-13(6-7-15(14)20(16)4)21(5)24(23)11-9-18-8-10-22;1-4-10(2)8-6-5-7-9-11-3/h6-7,12,18,22H,8-11H2,1-5H3;10H,4-9H2,1-3H3. The van der Waals surface area contributed by atoms with E-state index in [1.165, 1.54) is 32.1 Å². The second-order valence-corrected chi connectivity index (χ2v) is 11.9. The lowest BCUT2D eigenvalue weighted by atomic mass is 9.96. The summed E-state index contributed by atoms with van der Waals surface area (Å²) < 4.78 is 21.2. The third-order valence-electron chi connectivity index (χ3n) is 6.19. The number of methoxy groups -OCH3 is 1. The first-order valence-electron chi connectivity index (χ1n) is 13.0. The van der Waals surface area contributed by atoms with Crippen LogP contribution in [0.15, 0.2) is 18.2 Å². The van der Waals surface area contributed by atoms with Crippen molar-refractivity contribution >= 4 is 27.7 Å². The second-order valence-electron chi connectivity index (χ2n) is 10.3. The molecule has 0 aliphatic heterocycles. The highest BCUT2D eigenvalue weighted by molar-refractivity contribution is 7.86. The molecule has 0 spiro atoms. The van der Waals surface area contributed by atoms with Gasteiger partial charge in [-0.1, -0.05) is 60.3 Å². The van der Waals surface area contributed by atoms with Crippen LogP contribution in [0.2, 0.25) is 0 Å². The Morgan fingerprint density at radius 2 is 1.94 bits per heavy atom. The largest absolute Gasteiger partial charge is 0.395 e. The SMILES string of the molecule is CCC(C)CCCCCOC.CN(c1ccc2c(c1)nc(C(C)(C)C)n2C)S(=O)CCNCCO. The number of hydrogen-bond donors (Lipinski definition) is 2. The summed E-state index contributed by atoms with van der Waals surface area (Å²) in [5, 5.41) is 11.8. The minimum Gasteiger partial charge on any atom is -0.395 e. The Kier molecular flexibility index (Phi) is 14.7. The number of nitrogens with one attached hydrogen (secondary N) is 1. The minimum atomic E-state index is -1.12. The fourth-order valence-electron chi connectivity index (χ4n) is 3.79. The predicted molar refractivity (Wildman–Crippen MR) is 151 cm³/mol. The highest BCUT2D eigenvalue weighted by Gasteiger charge is 2.21. The van der Waals surface area contributed by atoms with Crippen LogP contribution in [0.3, 0.4) is 0 Å². The molecule has 0 bridgehead atoms. The topological polar surface area (TPSA) is 79.6 Å². The number of ether oxygens (including phenoxy) is 1. The summed E-state index contributed by atoms with van der Waals surface area (Å²) >= 11 is 0. The van der Waals surface area contributed by atoms with E-state index < -0.39 is 11.0 Å². The minimum absolute atomic E-state index is 0.0268. The van der Waals surface area contributed by atoms with Crippen molar-refractivity contribution in [1.82, 2.24) is 14.9 Å². The Morgan fingerprint density at radius 1 is 1.23 bits per heavy atom. The lowest BCUT2D eigenvalue weighted by Crippen LogP contribution is -2.30. The molecule has 0 aliphatic carbocycles. The van der Waals surface area contributed by atoms with E-state index in [0.717, 1.165) is 35.1 Å². The van der Waals surface area contributed by atoms with E-state index in [0.29, 0.717) is 18.8 Å². The van der Waals surface area contributed by atoms with Gasteiger partial charge in [-0.05, 0) is 30.5 Å². The van der Waals surface area contributed by atoms with Gasteiger partial charge in [-0.25, -0.2) is 9.19 Å². The lowest BCUT2D eigenvalue weighted by molar-refractivity contribution is 0.191. The van der Waals surface area contributed by atoms with Gasteiger partial charge in [-0.15, -0.1) is 0 Å². The first-order chi connectivity index (χ1) is 16.6. The van der Waals surface area contributed by atoms with Crippen molar-refractivity contribution in [1.29, 1.82) is 0 Å². The van der Waals surface area contributed by atoms with Crippen molar-refractivity contribution in [2.45, 2.75) is 72.1 Å². The molecule has 0 amide bonds. The lowest BCUT2D eigenvalue weighted by Gasteiger charge is -2.18. The number of rotatable bonds is 14. The van der Waals surface area contributed by atoms with Gasteiger partial charge < -0.3 is 19.7 Å². The predicted octanol–water partition coefficient (Wildman–Crippen LogP) is 4.79. The Bertz CT molecular complexity index is 879. The number of unbranched alkanes of at least 4 members (excludes halogenated alkanes) is 2. The molecule has 7 nitrogen and oxygen atoms in total. The number of aromatic nitrogens is 2. The number of aliphatic hydroxyl groups is 1. The van der Waals surface area contributed by atoms with Crippen molar-refractivity contribution in [3.05, 3.63) is 24.0 Å². The fraction of sp³-hybridized carbons (Fsp3) is 0.741. The third-order valence-corrected chi connectivity index (χ3v) is 7.56. The average Bonchev–Trinajstić information content (AvgIpc) is 3.17. The van der Waals surface area contributed by atoms with E-state index in [-0.39, 0.29) is 12.0 Å². The van der Waals surface area contributed by atoms with Crippen molar-refractivity contribution in [3.8, 4) is 0 Å². The Balaban J connectivity index is 0.000000471. The van der Waals surface area contributed by atoms with Crippen molar-refractivity contribution in [2.75, 3.05) is 50.5 Å². The van der Waals surface area contributed by atoms with E-state index in [1.54, 1.807) is 11.4 Å². The van der Waals surface area contributed by atoms with Gasteiger partial charge in [0.05, 0.1) is 29.1 Å². The van der Waals surface area contributed by atoms with Crippen LogP contribution < -0.4 is 9.62 Å². The van der Waals surface area contributed by atoms with E-state index in [2.05, 4.69) is 44.5 Å². The molecule has 0 saturated carbocycles. The number of aliphatic hydroxyl groups excluding tert-OH is 1. The summed E-state index contributed by atoms with van der Waals surface area (Å²) in [6, 6.07) is 6.00. The molecule has 35 heavy (non-hydrogen) atoms. The molecular formula is C27H50N4O3S. The molecular weight excluding hydrogens is 460 g/mol. The molecule has 0 saturated heterocycles. The Morgan fingerprint density at radius 3 is 2.54 bits per heavy atom. The van der Waals surface area contributed by atoms with Crippen molar-refractivity contribution < 1.29 is 14.1 Å². The maximum absolute atomic E-state index is 12.4. The van der Waals surface area contributed by atoms with Gasteiger partial charge in [0, 0.05) is 46.3 Å². The monoisotopic (exact) mass is 510 g/mol. The average molecular weight is 511 g/mol. The second kappa shape index (κ2) is 16.3. The molecule has 2 unspecified atom stereocenters. The molecule has 0 aliphatic rings. The molecule has 2 N–H and O–H groups in total. The van der Waals surface area contributed by atoms with Crippen LogP contribution in [0.1, 0.15) is 72.5 Å². The molecule has 1 aromatic carbocycles. The molecule has 0 radical (unpaired) electrons. The van der Waals surface area contributed by atoms with Gasteiger partial charge in [0.15, 0.2) is 0 Å². The molecule has 1 aromatic heterocycles. The van der Waals surface area contributed by atoms with Crippen LogP contribution in [0.5, 0.6) is 0 Å². The number of fused-ring (bicyclic) bond motifs is 1. The molecule has 1 heterocycles. The number of benzene rings is 1. The summed E-state index contributed by atoms with van der Waals surface area (Å²) in [7, 11) is 4.51. The van der Waals surface area contributed by atoms with Crippen LogP contribution in [-0.2, 0) is 28.2 Å². The molecule has 2 atom stereocenters. The fourth-order valence-corrected chi connectivity index (χ4v) is 4.73. The highest BCUT2D eigenvalue weighted by Crippen LogP contribution is 2.28. The Labute approximate surface area is 216 Å². The van der Waals surface area contributed by atoms with Crippen LogP contribution in [0, 0.1) is 5.92 Å². The van der Waals surface area contributed by atoms with Crippen LogP contribution in [0.25, 0.3) is 11.0 Å². The van der Waals surface area contributed by atoms with E-state index in [9.17, 15) is 4.21 Å². The van der Waals surface area contributed by atoms with E-state index in [4.69, 9.17) is 14.8 Å². The summed E-state index contributed by atoms with van der Waals surface area (Å²) in [4.78, 5) is 4.77. The highest BCUT2D eigenvalue weighted by atomic mass is 32.2. The van der Waals surface area contributed by atoms with Gasteiger partial charge in [0.2, 0.25) is 0 Å². The van der Waals surface area contributed by atoms with Crippen LogP contribution in [0.4, 0.5) is 5.69 Å². The smallest absolute Gasteiger partial charge is 0.120 e. The quantitative estimate of drug-likeness (QED) is 0.357. The zero-order valence-corrected chi connectivity index (χ0v) is 24.2. The van der Waals surface area contributed by atoms with Gasteiger partial charge in [-0.3, -0.25) is 4.31 Å². The zero-order valence-electron chi connectivity index (χ0n) is 23.4. The molecule has 202 valence electrons. The summed E-state index contributed by atoms with van der Waals surface area (Å²) in [5.74, 6) is 2.45. The Hall–Kier alpha value is -1.48. The number of imidazole rings is 1. The number of nitrogens with zero attached hydrogens (tertiary/aromatic N) is 3. The summed E-state index contributed by atoms with van der Waals surface area (Å²) in [6.07, 6.45) is 6.65. The zero-order chi connectivity index (χ0) is 26.4. The number of anilines is 1. The van der Waals surface area contributed by atoms with E-state index >= 15 is 0 Å². The molecule has 2 aromatic rings. The van der Waals surface area contributed by atoms with Crippen molar-refractivity contribution in [3.63, 3.8) is 0 Å². The summed E-state index contributed by atoms with van der Waals surface area (Å²) in [5.41, 5.74) is 2.86. The first kappa shape index (κ1) is 31.5. The number of aryl methyl sites for hydroxylation is 1. The summed E-state index contributed by atoms with van der Waals surface area (Å²) in [6.45, 7) is 13.2. The van der Waals surface area contributed by atoms with Gasteiger partial charge in [0.1, 0.15) is 16.8 Å². The molecule has 2 rings (SSSR count). The first-order valence-corrected chi connectivity index (χ1v) is 14.2. The maximum Gasteiger partial charge on any atom is 0.120 e. The molecule has 8 heteroatoms. The normalized spacial score (nSPS) is 13.4. The van der Waals surface area contributed by atoms with E-state index in [1.807, 2.05) is 32.3 Å². The molecule has 0 fully saturated rings. The third kappa shape index (κ3) is 11.0. The van der Waals surface area contributed by atoms with Gasteiger partial charge in [0.25, 0.3) is 0 Å². The van der Waals surface area contributed by atoms with Crippen LogP contribution >= 0.6 is 0 Å². The van der Waals surface area contributed by atoms with Gasteiger partial charge >= 0.3 is 0 Å². The van der Waals surface area contributed by atoms with Crippen LogP contribution in [-0.4, -0.2) is 65.1 Å². The van der Waals surface area contributed by atoms with Gasteiger partial charge in [-0.2, -0.15) is 0 Å². The van der Waals surface area contributed by atoms with Crippen molar-refractivity contribution in [2.24, 2.45) is 13.0 Å².